The van der Waals surface area contributed by atoms with Crippen molar-refractivity contribution in [1.29, 1.82) is 0 Å². The first kappa shape index (κ1) is 18.0. The van der Waals surface area contributed by atoms with E-state index in [0.717, 1.165) is 50.1 Å². The summed E-state index contributed by atoms with van der Waals surface area (Å²) in [4.78, 5) is 35.7. The van der Waals surface area contributed by atoms with Gasteiger partial charge in [0.25, 0.3) is 5.91 Å². The van der Waals surface area contributed by atoms with Gasteiger partial charge < -0.3 is 20.2 Å². The number of hydrogen-bond acceptors (Lipinski definition) is 4. The number of benzene rings is 1. The van der Waals surface area contributed by atoms with Crippen molar-refractivity contribution in [2.75, 3.05) is 38.0 Å². The molecule has 1 aromatic carbocycles. The summed E-state index contributed by atoms with van der Waals surface area (Å²) in [6, 6.07) is 12.0. The fraction of sp³-hybridized carbons (Fsp3) is 0.364. The summed E-state index contributed by atoms with van der Waals surface area (Å²) in [6.45, 7) is 4.67. The molecular weight excluding hydrogens is 366 g/mol. The van der Waals surface area contributed by atoms with Gasteiger partial charge in [-0.2, -0.15) is 0 Å². The van der Waals surface area contributed by atoms with Crippen LogP contribution in [0.1, 0.15) is 28.0 Å². The number of aromatic amines is 2. The van der Waals surface area contributed by atoms with Crippen molar-refractivity contribution in [2.45, 2.75) is 19.4 Å². The third-order valence-corrected chi connectivity index (χ3v) is 5.93. The number of rotatable bonds is 3. The first-order chi connectivity index (χ1) is 14.2. The Morgan fingerprint density at radius 3 is 2.69 bits per heavy atom. The number of hydrogen-bond donors (Lipinski definition) is 3. The summed E-state index contributed by atoms with van der Waals surface area (Å²) >= 11 is 0. The van der Waals surface area contributed by atoms with Crippen molar-refractivity contribution in [3.8, 4) is 0 Å². The molecule has 0 radical (unpaired) electrons. The van der Waals surface area contributed by atoms with E-state index in [-0.39, 0.29) is 11.5 Å². The van der Waals surface area contributed by atoms with Gasteiger partial charge in [0, 0.05) is 62.1 Å². The zero-order valence-corrected chi connectivity index (χ0v) is 16.3. The molecule has 150 valence electrons. The number of nitrogens with one attached hydrogen (secondary N) is 3. The molecule has 2 aromatic heterocycles. The van der Waals surface area contributed by atoms with Crippen LogP contribution >= 0.6 is 0 Å². The minimum absolute atomic E-state index is 0.0266. The topological polar surface area (TPSA) is 84.2 Å². The molecule has 4 heterocycles. The number of aromatic nitrogens is 2. The van der Waals surface area contributed by atoms with Crippen LogP contribution in [0.4, 0.5) is 5.82 Å². The van der Waals surface area contributed by atoms with Gasteiger partial charge in [-0.3, -0.25) is 14.5 Å². The zero-order chi connectivity index (χ0) is 19.8. The summed E-state index contributed by atoms with van der Waals surface area (Å²) in [5.74, 6) is 0.686. The average Bonchev–Trinajstić information content (AvgIpc) is 3.15. The van der Waals surface area contributed by atoms with Gasteiger partial charge in [0.2, 0.25) is 5.56 Å². The number of nitrogens with zero attached hydrogens (tertiary/aromatic N) is 2. The van der Waals surface area contributed by atoms with Gasteiger partial charge in [-0.05, 0) is 30.4 Å². The molecule has 29 heavy (non-hydrogen) atoms. The van der Waals surface area contributed by atoms with Gasteiger partial charge in [0.15, 0.2) is 0 Å². The number of fused-ring (bicyclic) bond motifs is 2. The molecule has 0 saturated carbocycles. The van der Waals surface area contributed by atoms with E-state index in [9.17, 15) is 9.59 Å². The molecule has 0 unspecified atom stereocenters. The first-order valence-electron chi connectivity index (χ1n) is 10.3. The van der Waals surface area contributed by atoms with Crippen LogP contribution in [0.15, 0.2) is 41.2 Å². The number of H-pyrrole nitrogens is 2. The Balaban J connectivity index is 1.26. The number of piperazine rings is 1. The van der Waals surface area contributed by atoms with Crippen molar-refractivity contribution >= 4 is 22.6 Å². The van der Waals surface area contributed by atoms with Crippen LogP contribution in [-0.2, 0) is 13.0 Å². The van der Waals surface area contributed by atoms with Gasteiger partial charge in [0.1, 0.15) is 5.82 Å². The smallest absolute Gasteiger partial charge is 0.254 e. The molecular formula is C22H25N5O2. The fourth-order valence-corrected chi connectivity index (χ4v) is 4.41. The summed E-state index contributed by atoms with van der Waals surface area (Å²) < 4.78 is 0. The Morgan fingerprint density at radius 2 is 1.86 bits per heavy atom. The van der Waals surface area contributed by atoms with Gasteiger partial charge in [-0.15, -0.1) is 0 Å². The highest BCUT2D eigenvalue weighted by atomic mass is 16.2. The quantitative estimate of drug-likeness (QED) is 0.639. The van der Waals surface area contributed by atoms with E-state index in [2.05, 4.69) is 38.4 Å². The maximum absolute atomic E-state index is 13.1. The van der Waals surface area contributed by atoms with Crippen molar-refractivity contribution in [3.05, 3.63) is 63.6 Å². The predicted molar refractivity (Wildman–Crippen MR) is 113 cm³/mol. The third-order valence-electron chi connectivity index (χ3n) is 5.93. The van der Waals surface area contributed by atoms with E-state index in [0.29, 0.717) is 24.5 Å². The van der Waals surface area contributed by atoms with E-state index in [4.69, 9.17) is 0 Å². The molecule has 2 aliphatic heterocycles. The lowest BCUT2D eigenvalue weighted by atomic mass is 10.00. The second-order valence-corrected chi connectivity index (χ2v) is 7.88. The van der Waals surface area contributed by atoms with Gasteiger partial charge in [-0.25, -0.2) is 0 Å². The number of para-hydroxylation sites is 1. The number of carbonyl (C=O) groups is 1. The van der Waals surface area contributed by atoms with Crippen LogP contribution in [0.5, 0.6) is 0 Å². The molecule has 0 atom stereocenters. The van der Waals surface area contributed by atoms with Crippen LogP contribution in [-0.4, -0.2) is 58.4 Å². The highest BCUT2D eigenvalue weighted by Gasteiger charge is 2.26. The summed E-state index contributed by atoms with van der Waals surface area (Å²) in [7, 11) is 0. The van der Waals surface area contributed by atoms with Gasteiger partial charge >= 0.3 is 0 Å². The fourth-order valence-electron chi connectivity index (χ4n) is 4.41. The lowest BCUT2D eigenvalue weighted by Crippen LogP contribution is -2.48. The normalized spacial score (nSPS) is 17.2. The summed E-state index contributed by atoms with van der Waals surface area (Å²) in [5.41, 5.74) is 3.63. The maximum Gasteiger partial charge on any atom is 0.254 e. The van der Waals surface area contributed by atoms with E-state index in [1.54, 1.807) is 0 Å². The second kappa shape index (κ2) is 7.40. The Kier molecular flexibility index (Phi) is 4.60. The van der Waals surface area contributed by atoms with E-state index >= 15 is 0 Å². The van der Waals surface area contributed by atoms with Gasteiger partial charge in [-0.1, -0.05) is 18.2 Å². The molecule has 7 heteroatoms. The second-order valence-electron chi connectivity index (χ2n) is 7.88. The molecule has 3 N–H and O–H groups in total. The monoisotopic (exact) mass is 391 g/mol. The lowest BCUT2D eigenvalue weighted by molar-refractivity contribution is 0.0626. The van der Waals surface area contributed by atoms with Crippen molar-refractivity contribution < 1.29 is 4.79 Å². The molecule has 1 saturated heterocycles. The first-order valence-corrected chi connectivity index (χ1v) is 10.3. The van der Waals surface area contributed by atoms with E-state index < -0.39 is 0 Å². The van der Waals surface area contributed by atoms with E-state index in [1.165, 1.54) is 17.1 Å². The van der Waals surface area contributed by atoms with Crippen LogP contribution < -0.4 is 10.9 Å². The van der Waals surface area contributed by atoms with Crippen LogP contribution in [0.25, 0.3) is 10.9 Å². The SMILES string of the molecule is O=C(c1cc(=O)[nH]c2c1CCCN2)N1CCN(Cc2cc3ccccc3[nH]2)CC1. The molecule has 0 aliphatic carbocycles. The van der Waals surface area contributed by atoms with Crippen molar-refractivity contribution in [2.24, 2.45) is 0 Å². The standard InChI is InChI=1S/C22H25N5O2/c28-20-13-18(17-5-3-7-23-21(17)25-20)22(29)27-10-8-26(9-11-27)14-16-12-15-4-1-2-6-19(15)24-16/h1-2,4,6,12-13,24H,3,5,7-11,14H2,(H2,23,25,28). The lowest BCUT2D eigenvalue weighted by Gasteiger charge is -2.35. The Hall–Kier alpha value is -3.06. The summed E-state index contributed by atoms with van der Waals surface area (Å²) in [5, 5.41) is 4.43. The largest absolute Gasteiger partial charge is 0.371 e. The maximum atomic E-state index is 13.1. The van der Waals surface area contributed by atoms with Crippen molar-refractivity contribution in [1.82, 2.24) is 19.8 Å². The highest BCUT2D eigenvalue weighted by molar-refractivity contribution is 5.97. The zero-order valence-electron chi connectivity index (χ0n) is 16.3. The number of anilines is 1. The molecule has 0 bridgehead atoms. The minimum atomic E-state index is -0.223. The van der Waals surface area contributed by atoms with Crippen molar-refractivity contribution in [3.63, 3.8) is 0 Å². The molecule has 0 spiro atoms. The third kappa shape index (κ3) is 3.53. The number of amides is 1. The molecule has 3 aromatic rings. The van der Waals surface area contributed by atoms with E-state index in [1.807, 2.05) is 17.0 Å². The Bertz CT molecular complexity index is 1070. The number of pyridine rings is 1. The molecule has 1 amide bonds. The Morgan fingerprint density at radius 1 is 1.03 bits per heavy atom. The average molecular weight is 391 g/mol. The molecule has 1 fully saturated rings. The number of carbonyl (C=O) groups excluding carboxylic acids is 1. The molecule has 5 rings (SSSR count). The highest BCUT2D eigenvalue weighted by Crippen LogP contribution is 2.23. The van der Waals surface area contributed by atoms with Crippen LogP contribution in [0.2, 0.25) is 0 Å². The minimum Gasteiger partial charge on any atom is -0.371 e. The van der Waals surface area contributed by atoms with Gasteiger partial charge in [0.05, 0.1) is 5.56 Å². The predicted octanol–water partition coefficient (Wildman–Crippen LogP) is 2.17. The summed E-state index contributed by atoms with van der Waals surface area (Å²) in [6.07, 6.45) is 1.79. The molecule has 2 aliphatic rings. The van der Waals surface area contributed by atoms with Crippen LogP contribution in [0.3, 0.4) is 0 Å². The van der Waals surface area contributed by atoms with Crippen LogP contribution in [0, 0.1) is 0 Å². The Labute approximate surface area is 168 Å². The molecule has 7 nitrogen and oxygen atoms in total.